The third-order valence-corrected chi connectivity index (χ3v) is 7.59. The number of benzene rings is 2. The van der Waals surface area contributed by atoms with Gasteiger partial charge in [0.05, 0.1) is 32.7 Å². The summed E-state index contributed by atoms with van der Waals surface area (Å²) in [5.74, 6) is 1.24. The number of nitrogens with one attached hydrogen (secondary N) is 3. The van der Waals surface area contributed by atoms with Gasteiger partial charge in [-0.15, -0.1) is 0 Å². The van der Waals surface area contributed by atoms with Crippen molar-refractivity contribution in [2.24, 2.45) is 5.92 Å². The maximum Gasteiger partial charge on any atom is 0.323 e. The number of hydrogen-bond donors (Lipinski definition) is 4. The smallest absolute Gasteiger partial charge is 0.323 e. The Hall–Kier alpha value is -4.78. The monoisotopic (exact) mass is 608 g/mol. The molecule has 1 aliphatic rings. The second kappa shape index (κ2) is 14.1. The molecule has 0 fully saturated rings. The number of aromatic nitrogens is 1. The fourth-order valence-corrected chi connectivity index (χ4v) is 4.91. The predicted octanol–water partition coefficient (Wildman–Crippen LogP) is 4.26. The number of amides is 5. The van der Waals surface area contributed by atoms with Crippen molar-refractivity contribution < 1.29 is 33.5 Å². The molecule has 3 aromatic rings. The number of nitrogens with zero attached hydrogens (tertiary/aromatic N) is 3. The molecule has 2 heterocycles. The van der Waals surface area contributed by atoms with E-state index in [-0.39, 0.29) is 37.4 Å². The molecule has 44 heavy (non-hydrogen) atoms. The summed E-state index contributed by atoms with van der Waals surface area (Å²) in [7, 11) is 3.25. The highest BCUT2D eigenvalue weighted by Gasteiger charge is 2.32. The van der Waals surface area contributed by atoms with Gasteiger partial charge in [-0.05, 0) is 63.2 Å². The van der Waals surface area contributed by atoms with Crippen LogP contribution in [-0.2, 0) is 11.2 Å². The van der Waals surface area contributed by atoms with Crippen molar-refractivity contribution in [1.29, 1.82) is 0 Å². The van der Waals surface area contributed by atoms with Gasteiger partial charge in [0.2, 0.25) is 5.91 Å². The Morgan fingerprint density at radius 1 is 1.14 bits per heavy atom. The number of carbonyl (C=O) groups is 3. The van der Waals surface area contributed by atoms with E-state index < -0.39 is 18.2 Å². The molecule has 1 aromatic heterocycles. The largest absolute Gasteiger partial charge is 0.497 e. The van der Waals surface area contributed by atoms with E-state index in [9.17, 15) is 19.5 Å². The summed E-state index contributed by atoms with van der Waals surface area (Å²) < 4.78 is 16.8. The van der Waals surface area contributed by atoms with Crippen LogP contribution in [0, 0.1) is 19.8 Å². The lowest BCUT2D eigenvalue weighted by molar-refractivity contribution is -0.134. The average Bonchev–Trinajstić information content (AvgIpc) is 3.33. The number of urea groups is 2. The first-order valence-corrected chi connectivity index (χ1v) is 14.4. The Bertz CT molecular complexity index is 1460. The van der Waals surface area contributed by atoms with Gasteiger partial charge in [-0.1, -0.05) is 12.1 Å². The summed E-state index contributed by atoms with van der Waals surface area (Å²) in [6.07, 6.45) is -0.505. The Balaban J connectivity index is 1.55. The Morgan fingerprint density at radius 3 is 2.48 bits per heavy atom. The molecule has 0 radical (unpaired) electrons. The summed E-state index contributed by atoms with van der Waals surface area (Å²) in [5.41, 5.74) is 2.65. The van der Waals surface area contributed by atoms with Crippen LogP contribution in [0.15, 0.2) is 47.0 Å². The Labute approximate surface area is 256 Å². The predicted molar refractivity (Wildman–Crippen MR) is 165 cm³/mol. The summed E-state index contributed by atoms with van der Waals surface area (Å²) in [4.78, 5) is 42.5. The summed E-state index contributed by atoms with van der Waals surface area (Å²) >= 11 is 0. The van der Waals surface area contributed by atoms with E-state index >= 15 is 0 Å². The SMILES string of the molecule is COc1ccc(NC(=O)N(C)C[C@@H]2Oc3ccc(NC(=O)Nc4c(C)noc4C)cc3CC(=O)N([C@H](C)CO)C[C@@H]2C)cc1. The van der Waals surface area contributed by atoms with Crippen molar-refractivity contribution in [1.82, 2.24) is 15.0 Å². The number of aliphatic hydroxyl groups excluding tert-OH is 1. The number of fused-ring (bicyclic) bond motifs is 1. The molecule has 0 aliphatic carbocycles. The van der Waals surface area contributed by atoms with Crippen molar-refractivity contribution >= 4 is 35.0 Å². The minimum absolute atomic E-state index is 0.00604. The van der Waals surface area contributed by atoms with Crippen LogP contribution in [-0.4, -0.2) is 84.0 Å². The second-order valence-electron chi connectivity index (χ2n) is 11.0. The highest BCUT2D eigenvalue weighted by atomic mass is 16.5. The van der Waals surface area contributed by atoms with Crippen LogP contribution in [0.25, 0.3) is 0 Å². The van der Waals surface area contributed by atoms with Gasteiger partial charge in [0, 0.05) is 36.4 Å². The first-order chi connectivity index (χ1) is 21.0. The molecule has 236 valence electrons. The molecule has 0 saturated heterocycles. The van der Waals surface area contributed by atoms with Crippen molar-refractivity contribution in [3.63, 3.8) is 0 Å². The summed E-state index contributed by atoms with van der Waals surface area (Å²) in [5, 5.41) is 22.1. The third kappa shape index (κ3) is 7.78. The maximum absolute atomic E-state index is 13.5. The average molecular weight is 609 g/mol. The lowest BCUT2D eigenvalue weighted by Gasteiger charge is -2.34. The van der Waals surface area contributed by atoms with Crippen LogP contribution in [0.3, 0.4) is 0 Å². The Kier molecular flexibility index (Phi) is 10.3. The number of rotatable bonds is 8. The fraction of sp³-hybridized carbons (Fsp3) is 0.419. The number of likely N-dealkylation sites (N-methyl/N-ethyl adjacent to an activating group) is 1. The molecular formula is C31H40N6O7. The first kappa shape index (κ1) is 32.1. The van der Waals surface area contributed by atoms with Crippen LogP contribution < -0.4 is 25.4 Å². The van der Waals surface area contributed by atoms with E-state index in [0.717, 1.165) is 0 Å². The standard InChI is InChI=1S/C31H40N6O7/c1-18-15-37(19(2)17-38)28(39)14-22-13-24(32-30(40)34-29-20(3)35-44-21(29)4)9-12-26(22)43-27(18)16-36(5)31(41)33-23-7-10-25(42-6)11-8-23/h7-13,18-19,27,38H,14-17H2,1-6H3,(H,33,41)(H2,32,34,40)/t18-,19+,27-/m0/s1. The first-order valence-electron chi connectivity index (χ1n) is 14.4. The molecule has 1 aliphatic heterocycles. The molecule has 3 atom stereocenters. The molecule has 5 amide bonds. The summed E-state index contributed by atoms with van der Waals surface area (Å²) in [6.45, 7) is 7.49. The molecule has 4 rings (SSSR count). The highest BCUT2D eigenvalue weighted by Crippen LogP contribution is 2.30. The second-order valence-corrected chi connectivity index (χ2v) is 11.0. The van der Waals surface area contributed by atoms with Crippen LogP contribution in [0.5, 0.6) is 11.5 Å². The molecule has 2 aromatic carbocycles. The van der Waals surface area contributed by atoms with E-state index in [1.54, 1.807) is 82.3 Å². The van der Waals surface area contributed by atoms with Crippen LogP contribution in [0.2, 0.25) is 0 Å². The topological polar surface area (TPSA) is 158 Å². The zero-order chi connectivity index (χ0) is 32.0. The molecule has 13 heteroatoms. The fourth-order valence-electron chi connectivity index (χ4n) is 4.91. The zero-order valence-electron chi connectivity index (χ0n) is 25.8. The third-order valence-electron chi connectivity index (χ3n) is 7.59. The number of methoxy groups -OCH3 is 1. The quantitative estimate of drug-likeness (QED) is 0.295. The van der Waals surface area contributed by atoms with Crippen molar-refractivity contribution in [3.05, 3.63) is 59.5 Å². The minimum atomic E-state index is -0.499. The van der Waals surface area contributed by atoms with Gasteiger partial charge in [0.25, 0.3) is 0 Å². The minimum Gasteiger partial charge on any atom is -0.497 e. The van der Waals surface area contributed by atoms with E-state index in [1.165, 1.54) is 4.90 Å². The lowest BCUT2D eigenvalue weighted by atomic mass is 10.0. The molecule has 4 N–H and O–H groups in total. The van der Waals surface area contributed by atoms with Crippen molar-refractivity contribution in [3.8, 4) is 11.5 Å². The van der Waals surface area contributed by atoms with E-state index in [0.29, 0.717) is 52.1 Å². The van der Waals surface area contributed by atoms with E-state index in [4.69, 9.17) is 14.0 Å². The molecular weight excluding hydrogens is 568 g/mol. The van der Waals surface area contributed by atoms with Gasteiger partial charge in [-0.2, -0.15) is 0 Å². The van der Waals surface area contributed by atoms with Gasteiger partial charge in [0.1, 0.15) is 29.0 Å². The number of aryl methyl sites for hydroxylation is 2. The summed E-state index contributed by atoms with van der Waals surface area (Å²) in [6, 6.07) is 10.8. The Morgan fingerprint density at radius 2 is 1.84 bits per heavy atom. The maximum atomic E-state index is 13.5. The van der Waals surface area contributed by atoms with Gasteiger partial charge >= 0.3 is 12.1 Å². The normalized spacial score (nSPS) is 17.2. The van der Waals surface area contributed by atoms with Gasteiger partial charge in [0.15, 0.2) is 5.76 Å². The highest BCUT2D eigenvalue weighted by molar-refractivity contribution is 6.00. The van der Waals surface area contributed by atoms with E-state index in [1.807, 2.05) is 6.92 Å². The van der Waals surface area contributed by atoms with Crippen molar-refractivity contribution in [2.45, 2.75) is 46.3 Å². The van der Waals surface area contributed by atoms with Crippen LogP contribution >= 0.6 is 0 Å². The van der Waals surface area contributed by atoms with Crippen LogP contribution in [0.1, 0.15) is 30.9 Å². The molecule has 13 nitrogen and oxygen atoms in total. The van der Waals surface area contributed by atoms with Gasteiger partial charge < -0.3 is 44.9 Å². The number of ether oxygens (including phenoxy) is 2. The van der Waals surface area contributed by atoms with Gasteiger partial charge in [-0.25, -0.2) is 9.59 Å². The van der Waals surface area contributed by atoms with Gasteiger partial charge in [-0.3, -0.25) is 4.79 Å². The lowest BCUT2D eigenvalue weighted by Crippen LogP contribution is -2.48. The zero-order valence-corrected chi connectivity index (χ0v) is 25.8. The molecule has 0 unspecified atom stereocenters. The molecule has 0 spiro atoms. The number of hydrogen-bond acceptors (Lipinski definition) is 8. The number of carbonyl (C=O) groups excluding carboxylic acids is 3. The van der Waals surface area contributed by atoms with E-state index in [2.05, 4.69) is 21.1 Å². The molecule has 0 bridgehead atoms. The number of anilines is 3. The van der Waals surface area contributed by atoms with Crippen LogP contribution in [0.4, 0.5) is 26.7 Å². The van der Waals surface area contributed by atoms with Crippen molar-refractivity contribution in [2.75, 3.05) is 49.8 Å². The number of aliphatic hydroxyl groups is 1. The molecule has 0 saturated carbocycles.